The van der Waals surface area contributed by atoms with E-state index < -0.39 is 0 Å². The molecule has 1 aliphatic rings. The minimum Gasteiger partial charge on any atom is -0.486 e. The highest BCUT2D eigenvalue weighted by Crippen LogP contribution is 2.17. The third-order valence-corrected chi connectivity index (χ3v) is 4.55. The summed E-state index contributed by atoms with van der Waals surface area (Å²) in [6.45, 7) is 8.72. The summed E-state index contributed by atoms with van der Waals surface area (Å²) in [6.07, 6.45) is 1.60. The number of nitrogens with zero attached hydrogens (tertiary/aromatic N) is 4. The van der Waals surface area contributed by atoms with Crippen molar-refractivity contribution >= 4 is 11.8 Å². The van der Waals surface area contributed by atoms with Crippen molar-refractivity contribution in [1.82, 2.24) is 15.2 Å². The molecule has 2 aromatic rings. The fraction of sp³-hybridized carbons (Fsp3) is 0.429. The van der Waals surface area contributed by atoms with Gasteiger partial charge in [-0.1, -0.05) is 18.2 Å². The average molecular weight is 385 g/mol. The number of guanidine groups is 1. The maximum atomic E-state index is 13.7. The molecule has 7 heteroatoms. The maximum absolute atomic E-state index is 13.7. The fourth-order valence-corrected chi connectivity index (χ4v) is 3.12. The van der Waals surface area contributed by atoms with Crippen molar-refractivity contribution < 1.29 is 9.13 Å². The van der Waals surface area contributed by atoms with Gasteiger partial charge in [0.1, 0.15) is 11.9 Å². The Morgan fingerprint density at radius 1 is 1.18 bits per heavy atom. The number of ether oxygens (including phenoxy) is 1. The molecule has 1 unspecified atom stereocenters. The Morgan fingerprint density at radius 3 is 2.61 bits per heavy atom. The summed E-state index contributed by atoms with van der Waals surface area (Å²) in [7, 11) is 0. The predicted molar refractivity (Wildman–Crippen MR) is 110 cm³/mol. The van der Waals surface area contributed by atoms with E-state index in [1.54, 1.807) is 18.2 Å². The van der Waals surface area contributed by atoms with Crippen LogP contribution in [0.2, 0.25) is 0 Å². The van der Waals surface area contributed by atoms with Crippen LogP contribution in [0.25, 0.3) is 0 Å². The Morgan fingerprint density at radius 2 is 1.93 bits per heavy atom. The molecule has 1 atom stereocenters. The highest BCUT2D eigenvalue weighted by Gasteiger charge is 2.20. The number of rotatable bonds is 6. The van der Waals surface area contributed by atoms with Crippen LogP contribution in [0.15, 0.2) is 53.7 Å². The fourth-order valence-electron chi connectivity index (χ4n) is 3.12. The average Bonchev–Trinajstić information content (AvgIpc) is 2.73. The predicted octanol–water partition coefficient (Wildman–Crippen LogP) is 2.78. The third kappa shape index (κ3) is 5.34. The van der Waals surface area contributed by atoms with E-state index in [0.717, 1.165) is 44.5 Å². The number of piperazine rings is 1. The van der Waals surface area contributed by atoms with Crippen molar-refractivity contribution in [2.45, 2.75) is 20.0 Å². The zero-order valence-corrected chi connectivity index (χ0v) is 16.5. The van der Waals surface area contributed by atoms with Gasteiger partial charge in [0.2, 0.25) is 0 Å². The van der Waals surface area contributed by atoms with Gasteiger partial charge in [-0.2, -0.15) is 0 Å². The van der Waals surface area contributed by atoms with Gasteiger partial charge in [-0.05, 0) is 38.1 Å². The Bertz CT molecular complexity index is 762. The number of aliphatic imine (C=N–C) groups is 1. The summed E-state index contributed by atoms with van der Waals surface area (Å²) in [4.78, 5) is 13.7. The molecule has 6 nitrogen and oxygen atoms in total. The molecule has 1 fully saturated rings. The van der Waals surface area contributed by atoms with Gasteiger partial charge in [0.05, 0.1) is 6.54 Å². The lowest BCUT2D eigenvalue weighted by molar-refractivity contribution is 0.219. The second-order valence-corrected chi connectivity index (χ2v) is 6.72. The number of nitrogens with one attached hydrogen (secondary N) is 1. The van der Waals surface area contributed by atoms with E-state index in [4.69, 9.17) is 9.73 Å². The van der Waals surface area contributed by atoms with E-state index in [1.807, 2.05) is 31.3 Å². The summed E-state index contributed by atoms with van der Waals surface area (Å²) in [6, 6.07) is 12.4. The molecule has 28 heavy (non-hydrogen) atoms. The number of para-hydroxylation sites is 1. The summed E-state index contributed by atoms with van der Waals surface area (Å²) in [5, 5.41) is 3.35. The molecule has 3 rings (SSSR count). The lowest BCUT2D eigenvalue weighted by atomic mass is 10.3. The molecule has 0 saturated carbocycles. The monoisotopic (exact) mass is 385 g/mol. The van der Waals surface area contributed by atoms with Gasteiger partial charge in [-0.25, -0.2) is 14.4 Å². The molecular weight excluding hydrogens is 357 g/mol. The summed E-state index contributed by atoms with van der Waals surface area (Å²) < 4.78 is 19.4. The van der Waals surface area contributed by atoms with Crippen LogP contribution in [0.3, 0.4) is 0 Å². The smallest absolute Gasteiger partial charge is 0.194 e. The maximum Gasteiger partial charge on any atom is 0.194 e. The Hall–Kier alpha value is -2.83. The van der Waals surface area contributed by atoms with E-state index in [2.05, 4.69) is 27.0 Å². The van der Waals surface area contributed by atoms with E-state index in [9.17, 15) is 4.39 Å². The second-order valence-electron chi connectivity index (χ2n) is 6.72. The number of hydrogen-bond donors (Lipinski definition) is 1. The van der Waals surface area contributed by atoms with Crippen molar-refractivity contribution in [3.05, 3.63) is 54.5 Å². The summed E-state index contributed by atoms with van der Waals surface area (Å²) >= 11 is 0. The van der Waals surface area contributed by atoms with Crippen LogP contribution in [-0.2, 0) is 0 Å². The summed E-state index contributed by atoms with van der Waals surface area (Å²) in [5.74, 6) is 1.79. The minimum atomic E-state index is -0.351. The molecule has 1 aromatic carbocycles. The van der Waals surface area contributed by atoms with Crippen molar-refractivity contribution in [3.8, 4) is 5.75 Å². The lowest BCUT2D eigenvalue weighted by Crippen LogP contribution is -2.53. The molecule has 1 N–H and O–H groups in total. The molecule has 0 bridgehead atoms. The van der Waals surface area contributed by atoms with Gasteiger partial charge in [0, 0.05) is 38.9 Å². The van der Waals surface area contributed by atoms with E-state index in [-0.39, 0.29) is 17.7 Å². The number of anilines is 1. The first-order chi connectivity index (χ1) is 13.7. The van der Waals surface area contributed by atoms with Crippen molar-refractivity contribution in [1.29, 1.82) is 0 Å². The Labute approximate surface area is 166 Å². The molecule has 2 heterocycles. The van der Waals surface area contributed by atoms with E-state index in [1.165, 1.54) is 6.07 Å². The Balaban J connectivity index is 1.56. The van der Waals surface area contributed by atoms with Crippen LogP contribution in [0.5, 0.6) is 5.75 Å². The summed E-state index contributed by atoms with van der Waals surface area (Å²) in [5.41, 5.74) is 0. The molecule has 1 saturated heterocycles. The van der Waals surface area contributed by atoms with Gasteiger partial charge >= 0.3 is 0 Å². The molecule has 150 valence electrons. The molecule has 1 aliphatic heterocycles. The van der Waals surface area contributed by atoms with Crippen molar-refractivity contribution in [2.75, 3.05) is 44.2 Å². The van der Waals surface area contributed by atoms with Crippen molar-refractivity contribution in [2.24, 2.45) is 4.99 Å². The highest BCUT2D eigenvalue weighted by molar-refractivity contribution is 5.80. The van der Waals surface area contributed by atoms with Crippen LogP contribution < -0.4 is 15.0 Å². The molecule has 1 aromatic heterocycles. The first-order valence-electron chi connectivity index (χ1n) is 9.77. The van der Waals surface area contributed by atoms with E-state index in [0.29, 0.717) is 6.54 Å². The third-order valence-electron chi connectivity index (χ3n) is 4.55. The van der Waals surface area contributed by atoms with Gasteiger partial charge in [0.25, 0.3) is 0 Å². The van der Waals surface area contributed by atoms with Crippen LogP contribution >= 0.6 is 0 Å². The van der Waals surface area contributed by atoms with Crippen LogP contribution in [-0.4, -0.2) is 61.2 Å². The molecule has 0 spiro atoms. The van der Waals surface area contributed by atoms with Crippen LogP contribution in [0, 0.1) is 5.82 Å². The first kappa shape index (κ1) is 19.9. The molecule has 0 aliphatic carbocycles. The van der Waals surface area contributed by atoms with Crippen LogP contribution in [0.4, 0.5) is 10.2 Å². The molecule has 0 radical (unpaired) electrons. The quantitative estimate of drug-likeness (QED) is 0.612. The normalized spacial score (nSPS) is 16.0. The second kappa shape index (κ2) is 9.92. The zero-order chi connectivity index (χ0) is 19.8. The van der Waals surface area contributed by atoms with Gasteiger partial charge in [0.15, 0.2) is 17.5 Å². The number of pyridine rings is 1. The minimum absolute atomic E-state index is 0.222. The SMILES string of the molecule is CCNC(=NCC(C)Oc1ccccc1F)N1CCN(c2ccccn2)CC1. The molecule has 0 amide bonds. The first-order valence-corrected chi connectivity index (χ1v) is 9.77. The van der Waals surface area contributed by atoms with Gasteiger partial charge < -0.3 is 19.9 Å². The topological polar surface area (TPSA) is 53.0 Å². The van der Waals surface area contributed by atoms with Crippen molar-refractivity contribution in [3.63, 3.8) is 0 Å². The Kier molecular flexibility index (Phi) is 7.06. The number of benzene rings is 1. The highest BCUT2D eigenvalue weighted by atomic mass is 19.1. The van der Waals surface area contributed by atoms with E-state index >= 15 is 0 Å². The largest absolute Gasteiger partial charge is 0.486 e. The number of halogens is 1. The standard InChI is InChI=1S/C21H28FN5O/c1-3-23-21(25-16-17(2)28-19-9-5-4-8-18(19)22)27-14-12-26(13-15-27)20-10-6-7-11-24-20/h4-11,17H,3,12-16H2,1-2H3,(H,23,25). The van der Waals surface area contributed by atoms with Gasteiger partial charge in [-0.15, -0.1) is 0 Å². The lowest BCUT2D eigenvalue weighted by Gasteiger charge is -2.37. The number of hydrogen-bond acceptors (Lipinski definition) is 4. The zero-order valence-electron chi connectivity index (χ0n) is 16.5. The van der Waals surface area contributed by atoms with Gasteiger partial charge in [-0.3, -0.25) is 0 Å². The number of aromatic nitrogens is 1. The van der Waals surface area contributed by atoms with Crippen LogP contribution in [0.1, 0.15) is 13.8 Å². The molecular formula is C21H28FN5O.